The number of para-hydroxylation sites is 1. The summed E-state index contributed by atoms with van der Waals surface area (Å²) in [6.07, 6.45) is -4.56. The molecule has 2 aromatic carbocycles. The Morgan fingerprint density at radius 1 is 1.07 bits per heavy atom. The number of nitrogens with zero attached hydrogens (tertiary/aromatic N) is 1. The molecule has 0 bridgehead atoms. The molecule has 3 aromatic rings. The van der Waals surface area contributed by atoms with Crippen molar-refractivity contribution >= 4 is 27.5 Å². The Labute approximate surface area is 165 Å². The number of hydrogen-bond donors (Lipinski definition) is 2. The van der Waals surface area contributed by atoms with Gasteiger partial charge >= 0.3 is 6.18 Å². The molecular formula is C19H12BrF3N2O3. The monoisotopic (exact) mass is 452 g/mol. The van der Waals surface area contributed by atoms with E-state index in [1.807, 2.05) is 0 Å². The second-order valence-corrected chi connectivity index (χ2v) is 6.39. The van der Waals surface area contributed by atoms with Gasteiger partial charge in [0.1, 0.15) is 21.9 Å². The van der Waals surface area contributed by atoms with Crippen LogP contribution in [0.2, 0.25) is 0 Å². The Kier molecular flexibility index (Phi) is 5.55. The molecule has 0 radical (unpaired) electrons. The number of carbonyl (C=O) groups excluding carboxylic acids is 1. The Morgan fingerprint density at radius 2 is 1.82 bits per heavy atom. The molecule has 0 aliphatic rings. The molecule has 0 atom stereocenters. The average molecular weight is 453 g/mol. The maximum Gasteiger partial charge on any atom is 0.419 e. The zero-order chi connectivity index (χ0) is 20.3. The lowest BCUT2D eigenvalue weighted by Crippen LogP contribution is -2.14. The summed E-state index contributed by atoms with van der Waals surface area (Å²) in [5.41, 5.74) is -0.857. The standard InChI is InChI=1S/C19H12BrF3N2O3/c20-16-9-8-14(26)17(25-16)18(27)24-11-4-3-5-12(10-11)28-15-7-2-1-6-13(15)19(21,22)23/h1-10,26H,(H,24,27). The van der Waals surface area contributed by atoms with Crippen LogP contribution in [0, 0.1) is 0 Å². The van der Waals surface area contributed by atoms with Gasteiger partial charge in [-0.2, -0.15) is 13.2 Å². The van der Waals surface area contributed by atoms with Crippen molar-refractivity contribution in [2.24, 2.45) is 0 Å². The lowest BCUT2D eigenvalue weighted by atomic mass is 10.2. The smallest absolute Gasteiger partial charge is 0.419 e. The van der Waals surface area contributed by atoms with Gasteiger partial charge in [0.05, 0.1) is 5.56 Å². The van der Waals surface area contributed by atoms with Crippen LogP contribution in [0.25, 0.3) is 0 Å². The number of hydrogen-bond acceptors (Lipinski definition) is 4. The molecule has 0 fully saturated rings. The van der Waals surface area contributed by atoms with Crippen LogP contribution in [0.15, 0.2) is 65.3 Å². The topological polar surface area (TPSA) is 71.5 Å². The van der Waals surface area contributed by atoms with E-state index < -0.39 is 17.6 Å². The zero-order valence-corrected chi connectivity index (χ0v) is 15.6. The number of pyridine rings is 1. The molecule has 5 nitrogen and oxygen atoms in total. The average Bonchev–Trinajstić information content (AvgIpc) is 2.63. The predicted molar refractivity (Wildman–Crippen MR) is 99.5 cm³/mol. The highest BCUT2D eigenvalue weighted by atomic mass is 79.9. The van der Waals surface area contributed by atoms with E-state index in [2.05, 4.69) is 26.2 Å². The largest absolute Gasteiger partial charge is 0.505 e. The van der Waals surface area contributed by atoms with Gasteiger partial charge in [-0.1, -0.05) is 18.2 Å². The molecule has 1 heterocycles. The maximum atomic E-state index is 13.1. The van der Waals surface area contributed by atoms with Crippen LogP contribution >= 0.6 is 15.9 Å². The second-order valence-electron chi connectivity index (χ2n) is 5.58. The number of aromatic hydroxyl groups is 1. The third-order valence-electron chi connectivity index (χ3n) is 3.57. The van der Waals surface area contributed by atoms with E-state index in [0.717, 1.165) is 6.07 Å². The molecule has 144 valence electrons. The Balaban J connectivity index is 1.82. The van der Waals surface area contributed by atoms with E-state index in [1.54, 1.807) is 0 Å². The molecule has 1 aromatic heterocycles. The van der Waals surface area contributed by atoms with Crippen molar-refractivity contribution in [1.29, 1.82) is 0 Å². The minimum absolute atomic E-state index is 0.0981. The predicted octanol–water partition coefficient (Wildman–Crippen LogP) is 5.61. The molecule has 0 aliphatic carbocycles. The van der Waals surface area contributed by atoms with Gasteiger partial charge < -0.3 is 15.2 Å². The summed E-state index contributed by atoms with van der Waals surface area (Å²) < 4.78 is 45.0. The highest BCUT2D eigenvalue weighted by Gasteiger charge is 2.34. The summed E-state index contributed by atoms with van der Waals surface area (Å²) in [6.45, 7) is 0. The van der Waals surface area contributed by atoms with Gasteiger partial charge in [0.25, 0.3) is 5.91 Å². The zero-order valence-electron chi connectivity index (χ0n) is 14.0. The van der Waals surface area contributed by atoms with E-state index in [4.69, 9.17) is 4.74 Å². The molecular weight excluding hydrogens is 441 g/mol. The number of anilines is 1. The van der Waals surface area contributed by atoms with Crippen molar-refractivity contribution in [2.45, 2.75) is 6.18 Å². The van der Waals surface area contributed by atoms with Gasteiger partial charge in [0.2, 0.25) is 0 Å². The first-order valence-corrected chi connectivity index (χ1v) is 8.64. The number of rotatable bonds is 4. The van der Waals surface area contributed by atoms with Crippen LogP contribution in [0.4, 0.5) is 18.9 Å². The summed E-state index contributed by atoms with van der Waals surface area (Å²) >= 11 is 3.11. The number of carbonyl (C=O) groups is 1. The number of ether oxygens (including phenoxy) is 1. The van der Waals surface area contributed by atoms with Crippen LogP contribution in [-0.2, 0) is 6.18 Å². The molecule has 0 spiro atoms. The summed E-state index contributed by atoms with van der Waals surface area (Å²) in [5.74, 6) is -1.26. The van der Waals surface area contributed by atoms with Crippen LogP contribution in [0.1, 0.15) is 16.1 Å². The van der Waals surface area contributed by atoms with Crippen molar-refractivity contribution in [3.05, 3.63) is 76.5 Å². The number of halogens is 4. The molecule has 0 saturated carbocycles. The SMILES string of the molecule is O=C(Nc1cccc(Oc2ccccc2C(F)(F)F)c1)c1nc(Br)ccc1O. The molecule has 3 rings (SSSR count). The van der Waals surface area contributed by atoms with Crippen molar-refractivity contribution < 1.29 is 27.8 Å². The van der Waals surface area contributed by atoms with Crippen molar-refractivity contribution in [3.8, 4) is 17.2 Å². The Morgan fingerprint density at radius 3 is 2.57 bits per heavy atom. The van der Waals surface area contributed by atoms with Gasteiger partial charge in [-0.3, -0.25) is 4.79 Å². The second kappa shape index (κ2) is 7.89. The van der Waals surface area contributed by atoms with Gasteiger partial charge in [-0.05, 0) is 52.3 Å². The first kappa shape index (κ1) is 19.7. The highest BCUT2D eigenvalue weighted by molar-refractivity contribution is 9.10. The normalized spacial score (nSPS) is 11.1. The van der Waals surface area contributed by atoms with Gasteiger partial charge in [0, 0.05) is 11.8 Å². The van der Waals surface area contributed by atoms with Gasteiger partial charge in [-0.15, -0.1) is 0 Å². The number of alkyl halides is 3. The van der Waals surface area contributed by atoms with Crippen molar-refractivity contribution in [2.75, 3.05) is 5.32 Å². The quantitative estimate of drug-likeness (QED) is 0.504. The minimum atomic E-state index is -4.56. The van der Waals surface area contributed by atoms with Crippen molar-refractivity contribution in [3.63, 3.8) is 0 Å². The summed E-state index contributed by atoms with van der Waals surface area (Å²) in [5, 5.41) is 12.3. The fraction of sp³-hybridized carbons (Fsp3) is 0.0526. The Bertz CT molecular complexity index is 1030. The number of amides is 1. The van der Waals surface area contributed by atoms with E-state index in [-0.39, 0.29) is 28.6 Å². The Hall–Kier alpha value is -3.07. The van der Waals surface area contributed by atoms with Crippen molar-refractivity contribution in [1.82, 2.24) is 4.98 Å². The number of aromatic nitrogens is 1. The third-order valence-corrected chi connectivity index (χ3v) is 4.01. The number of benzene rings is 2. The molecule has 0 aliphatic heterocycles. The first-order chi connectivity index (χ1) is 13.2. The van der Waals surface area contributed by atoms with Crippen LogP contribution in [-0.4, -0.2) is 16.0 Å². The van der Waals surface area contributed by atoms with Gasteiger partial charge in [-0.25, -0.2) is 4.98 Å². The lowest BCUT2D eigenvalue weighted by molar-refractivity contribution is -0.138. The third kappa shape index (κ3) is 4.61. The number of nitrogens with one attached hydrogen (secondary N) is 1. The molecule has 0 unspecified atom stereocenters. The first-order valence-electron chi connectivity index (χ1n) is 7.85. The van der Waals surface area contributed by atoms with Crippen LogP contribution in [0.5, 0.6) is 17.2 Å². The van der Waals surface area contributed by atoms with E-state index in [1.165, 1.54) is 54.6 Å². The molecule has 9 heteroatoms. The van der Waals surface area contributed by atoms with E-state index in [0.29, 0.717) is 4.60 Å². The minimum Gasteiger partial charge on any atom is -0.505 e. The summed E-state index contributed by atoms with van der Waals surface area (Å²) in [7, 11) is 0. The van der Waals surface area contributed by atoms with Gasteiger partial charge in [0.15, 0.2) is 5.69 Å². The fourth-order valence-electron chi connectivity index (χ4n) is 2.34. The van der Waals surface area contributed by atoms with Crippen LogP contribution in [0.3, 0.4) is 0 Å². The molecule has 2 N–H and O–H groups in total. The fourth-order valence-corrected chi connectivity index (χ4v) is 2.65. The van der Waals surface area contributed by atoms with E-state index >= 15 is 0 Å². The molecule has 28 heavy (non-hydrogen) atoms. The summed E-state index contributed by atoms with van der Waals surface area (Å²) in [4.78, 5) is 16.2. The summed E-state index contributed by atoms with van der Waals surface area (Å²) in [6, 6.07) is 13.4. The highest BCUT2D eigenvalue weighted by Crippen LogP contribution is 2.38. The lowest BCUT2D eigenvalue weighted by Gasteiger charge is -2.14. The molecule has 1 amide bonds. The van der Waals surface area contributed by atoms with E-state index in [9.17, 15) is 23.1 Å². The maximum absolute atomic E-state index is 13.1. The van der Waals surface area contributed by atoms with Crippen LogP contribution < -0.4 is 10.1 Å². The molecule has 0 saturated heterocycles.